The second kappa shape index (κ2) is 12.3. The van der Waals surface area contributed by atoms with Gasteiger partial charge in [0.1, 0.15) is 11.6 Å². The summed E-state index contributed by atoms with van der Waals surface area (Å²) >= 11 is 0. The molecule has 0 aromatic heterocycles. The van der Waals surface area contributed by atoms with Crippen LogP contribution in [-0.2, 0) is 19.1 Å². The van der Waals surface area contributed by atoms with Gasteiger partial charge in [0.15, 0.2) is 0 Å². The first-order valence-electron chi connectivity index (χ1n) is 14.8. The number of carbonyl (C=O) groups excluding carboxylic acids is 3. The molecule has 2 unspecified atom stereocenters. The van der Waals surface area contributed by atoms with Gasteiger partial charge in [0.05, 0.1) is 30.1 Å². The van der Waals surface area contributed by atoms with Crippen molar-refractivity contribution in [2.45, 2.75) is 82.6 Å². The average molecular weight is 552 g/mol. The molecule has 1 aromatic rings. The van der Waals surface area contributed by atoms with Crippen molar-refractivity contribution in [3.05, 3.63) is 55.6 Å². The summed E-state index contributed by atoms with van der Waals surface area (Å²) in [5, 5.41) is 10.2. The number of benzene rings is 1. The number of ether oxygens (including phenoxy) is 1. The van der Waals surface area contributed by atoms with E-state index in [-0.39, 0.29) is 30.9 Å². The Bertz CT molecular complexity index is 1110. The minimum absolute atomic E-state index is 0.191. The molecule has 40 heavy (non-hydrogen) atoms. The molecule has 3 aliphatic heterocycles. The number of likely N-dealkylation sites (tertiary alicyclic amines) is 1. The number of carbonyl (C=O) groups is 3. The summed E-state index contributed by atoms with van der Waals surface area (Å²) in [4.78, 5) is 48.2. The Balaban J connectivity index is 1.80. The predicted octanol–water partition coefficient (Wildman–Crippen LogP) is 3.95. The van der Waals surface area contributed by atoms with Crippen molar-refractivity contribution in [3.63, 3.8) is 0 Å². The van der Waals surface area contributed by atoms with Crippen molar-refractivity contribution >= 4 is 23.4 Å². The van der Waals surface area contributed by atoms with Gasteiger partial charge in [-0.25, -0.2) is 0 Å². The Kier molecular flexibility index (Phi) is 9.20. The summed E-state index contributed by atoms with van der Waals surface area (Å²) in [5.41, 5.74) is -1.25. The molecule has 3 saturated heterocycles. The highest BCUT2D eigenvalue weighted by molar-refractivity contribution is 6.03. The predicted molar refractivity (Wildman–Crippen MR) is 156 cm³/mol. The number of hydrogen-bond acceptors (Lipinski definition) is 5. The Morgan fingerprint density at radius 3 is 2.42 bits per heavy atom. The van der Waals surface area contributed by atoms with Crippen molar-refractivity contribution in [1.82, 2.24) is 9.80 Å². The van der Waals surface area contributed by atoms with Gasteiger partial charge in [0.2, 0.25) is 17.7 Å². The molecule has 3 fully saturated rings. The molecule has 1 N–H and O–H groups in total. The smallest absolute Gasteiger partial charge is 0.248 e. The number of hydrogen-bond donors (Lipinski definition) is 1. The van der Waals surface area contributed by atoms with Crippen LogP contribution in [0.2, 0.25) is 0 Å². The molecule has 0 radical (unpaired) electrons. The monoisotopic (exact) mass is 551 g/mol. The fourth-order valence-electron chi connectivity index (χ4n) is 7.27. The lowest BCUT2D eigenvalue weighted by molar-refractivity contribution is -0.155. The van der Waals surface area contributed by atoms with E-state index in [9.17, 15) is 19.5 Å². The second-order valence-corrected chi connectivity index (χ2v) is 11.5. The highest BCUT2D eigenvalue weighted by Gasteiger charge is 2.79. The molecule has 1 aromatic carbocycles. The second-order valence-electron chi connectivity index (χ2n) is 11.5. The first-order valence-corrected chi connectivity index (χ1v) is 14.8. The van der Waals surface area contributed by atoms with Crippen molar-refractivity contribution < 1.29 is 24.2 Å². The maximum Gasteiger partial charge on any atom is 0.248 e. The van der Waals surface area contributed by atoms with Crippen LogP contribution < -0.4 is 4.90 Å². The number of anilines is 1. The lowest BCUT2D eigenvalue weighted by Gasteiger charge is -2.38. The van der Waals surface area contributed by atoms with Gasteiger partial charge in [-0.05, 0) is 44.7 Å². The minimum Gasteiger partial charge on any atom is -0.394 e. The average Bonchev–Trinajstić information content (AvgIpc) is 3.58. The molecule has 0 saturated carbocycles. The molecule has 8 heteroatoms. The van der Waals surface area contributed by atoms with Crippen LogP contribution >= 0.6 is 0 Å². The zero-order chi connectivity index (χ0) is 29.1. The van der Waals surface area contributed by atoms with Gasteiger partial charge in [0, 0.05) is 25.3 Å². The van der Waals surface area contributed by atoms with Crippen molar-refractivity contribution in [2.24, 2.45) is 11.8 Å². The molecular weight excluding hydrogens is 506 g/mol. The largest absolute Gasteiger partial charge is 0.394 e. The lowest BCUT2D eigenvalue weighted by Crippen LogP contribution is -2.58. The summed E-state index contributed by atoms with van der Waals surface area (Å²) in [5.74, 6) is -2.24. The van der Waals surface area contributed by atoms with Gasteiger partial charge in [-0.3, -0.25) is 14.4 Å². The zero-order valence-electron chi connectivity index (χ0n) is 24.3. The van der Waals surface area contributed by atoms with E-state index in [1.165, 1.54) is 4.90 Å². The van der Waals surface area contributed by atoms with Crippen LogP contribution in [0.1, 0.15) is 59.3 Å². The van der Waals surface area contributed by atoms with Gasteiger partial charge in [-0.1, -0.05) is 57.0 Å². The van der Waals surface area contributed by atoms with Crippen LogP contribution in [0.25, 0.3) is 0 Å². The number of unbranched alkanes of at least 4 members (excludes halogenated alkanes) is 2. The fourth-order valence-corrected chi connectivity index (χ4v) is 7.27. The van der Waals surface area contributed by atoms with Gasteiger partial charge < -0.3 is 24.5 Å². The van der Waals surface area contributed by atoms with Crippen LogP contribution in [-0.4, -0.2) is 82.2 Å². The van der Waals surface area contributed by atoms with E-state index in [1.54, 1.807) is 28.9 Å². The van der Waals surface area contributed by atoms with E-state index in [1.807, 2.05) is 37.3 Å². The maximum atomic E-state index is 14.5. The molecule has 218 valence electrons. The summed E-state index contributed by atoms with van der Waals surface area (Å²) in [6.45, 7) is 14.5. The van der Waals surface area contributed by atoms with Crippen LogP contribution in [0.5, 0.6) is 0 Å². The Hall–Kier alpha value is -2.97. The normalized spacial score (nSPS) is 29.2. The molecule has 1 spiro atoms. The van der Waals surface area contributed by atoms with E-state index in [0.29, 0.717) is 32.4 Å². The summed E-state index contributed by atoms with van der Waals surface area (Å²) in [6.07, 6.45) is 7.88. The molecular formula is C32H45N3O5. The van der Waals surface area contributed by atoms with Gasteiger partial charge in [-0.15, -0.1) is 13.2 Å². The van der Waals surface area contributed by atoms with Gasteiger partial charge in [-0.2, -0.15) is 0 Å². The first kappa shape index (κ1) is 30.0. The zero-order valence-corrected chi connectivity index (χ0v) is 24.3. The summed E-state index contributed by atoms with van der Waals surface area (Å²) in [7, 11) is 0. The fraction of sp³-hybridized carbons (Fsp3) is 0.594. The number of rotatable bonds is 14. The number of para-hydroxylation sites is 1. The van der Waals surface area contributed by atoms with Crippen molar-refractivity contribution in [2.75, 3.05) is 31.1 Å². The van der Waals surface area contributed by atoms with E-state index in [2.05, 4.69) is 20.1 Å². The van der Waals surface area contributed by atoms with E-state index in [0.717, 1.165) is 24.9 Å². The quantitative estimate of drug-likeness (QED) is 0.279. The Morgan fingerprint density at radius 1 is 1.12 bits per heavy atom. The van der Waals surface area contributed by atoms with Crippen molar-refractivity contribution in [1.29, 1.82) is 0 Å². The molecule has 4 rings (SSSR count). The minimum atomic E-state index is -1.13. The Morgan fingerprint density at radius 2 is 1.82 bits per heavy atom. The van der Waals surface area contributed by atoms with Crippen LogP contribution in [0, 0.1) is 11.8 Å². The molecule has 6 atom stereocenters. The van der Waals surface area contributed by atoms with Crippen LogP contribution in [0.4, 0.5) is 5.69 Å². The van der Waals surface area contributed by atoms with E-state index in [4.69, 9.17) is 4.74 Å². The number of nitrogens with zero attached hydrogens (tertiary/aromatic N) is 3. The Labute approximate surface area is 238 Å². The van der Waals surface area contributed by atoms with E-state index < -0.39 is 35.1 Å². The third kappa shape index (κ3) is 4.79. The van der Waals surface area contributed by atoms with Gasteiger partial charge >= 0.3 is 0 Å². The molecule has 2 bridgehead atoms. The third-order valence-electron chi connectivity index (χ3n) is 9.20. The molecule has 3 amide bonds. The van der Waals surface area contributed by atoms with E-state index >= 15 is 0 Å². The SMILES string of the molecule is C=CCN(CCCCC)C(=O)C1N([C@H](C)CO)C(=O)[C@@H]2[C@@H](C(=O)N(CC=C)c3ccccc3)[C@@]3(CC)CCC12O3. The molecule has 3 heterocycles. The molecule has 3 aliphatic rings. The van der Waals surface area contributed by atoms with Crippen molar-refractivity contribution in [3.8, 4) is 0 Å². The maximum absolute atomic E-state index is 14.5. The first-order chi connectivity index (χ1) is 19.3. The topological polar surface area (TPSA) is 90.4 Å². The summed E-state index contributed by atoms with van der Waals surface area (Å²) in [6, 6.07) is 7.87. The summed E-state index contributed by atoms with van der Waals surface area (Å²) < 4.78 is 6.91. The highest BCUT2D eigenvalue weighted by atomic mass is 16.5. The third-order valence-corrected chi connectivity index (χ3v) is 9.20. The number of aliphatic hydroxyl groups is 1. The lowest BCUT2D eigenvalue weighted by atomic mass is 9.64. The standard InChI is InChI=1S/C32H45N3O5/c1-6-10-14-21-33(19-7-2)30(39)27-32-18-17-31(9-4,40-32)25(26(32)29(38)35(27)23(5)22-36)28(37)34(20-8-3)24-15-12-11-13-16-24/h7-8,11-13,15-16,23,25-27,36H,2-3,6,9-10,14,17-22H2,1,4-5H3/t23-,25+,26+,27?,31-,32?/m1/s1. The molecule has 8 nitrogen and oxygen atoms in total. The number of fused-ring (bicyclic) bond motifs is 1. The highest BCUT2D eigenvalue weighted by Crippen LogP contribution is 2.65. The number of amides is 3. The van der Waals surface area contributed by atoms with Crippen LogP contribution in [0.3, 0.4) is 0 Å². The molecule has 0 aliphatic carbocycles. The van der Waals surface area contributed by atoms with Crippen LogP contribution in [0.15, 0.2) is 55.6 Å². The van der Waals surface area contributed by atoms with Gasteiger partial charge in [0.25, 0.3) is 0 Å². The number of aliphatic hydroxyl groups excluding tert-OH is 1.